The van der Waals surface area contributed by atoms with Gasteiger partial charge in [-0.3, -0.25) is 0 Å². The number of aromatic carboxylic acids is 1. The van der Waals surface area contributed by atoms with E-state index in [4.69, 9.17) is 21.4 Å². The van der Waals surface area contributed by atoms with Gasteiger partial charge in [-0.25, -0.2) is 4.79 Å². The zero-order valence-corrected chi connectivity index (χ0v) is 11.4. The summed E-state index contributed by atoms with van der Waals surface area (Å²) in [6.07, 6.45) is 0. The third-order valence-electron chi connectivity index (χ3n) is 3.02. The average Bonchev–Trinajstić information content (AvgIpc) is 2.39. The van der Waals surface area contributed by atoms with E-state index in [1.807, 2.05) is 24.3 Å². The topological polar surface area (TPSA) is 46.5 Å². The fourth-order valence-corrected chi connectivity index (χ4v) is 2.34. The molecule has 0 aliphatic carbocycles. The minimum absolute atomic E-state index is 0.259. The molecule has 0 bridgehead atoms. The predicted octanol–water partition coefficient (Wildman–Crippen LogP) is 4.02. The Balaban J connectivity index is 2.60. The molecule has 0 saturated heterocycles. The molecule has 0 radical (unpaired) electrons. The van der Waals surface area contributed by atoms with Gasteiger partial charge in [0, 0.05) is 10.6 Å². The van der Waals surface area contributed by atoms with Crippen LogP contribution in [-0.2, 0) is 0 Å². The molecule has 0 heterocycles. The van der Waals surface area contributed by atoms with E-state index in [-0.39, 0.29) is 5.56 Å². The van der Waals surface area contributed by atoms with Gasteiger partial charge < -0.3 is 9.84 Å². The molecule has 0 saturated carbocycles. The lowest BCUT2D eigenvalue weighted by molar-refractivity contribution is 0.0696. The minimum atomic E-state index is -0.955. The Morgan fingerprint density at radius 2 is 1.79 bits per heavy atom. The maximum absolute atomic E-state index is 11.2. The molecule has 2 rings (SSSR count). The summed E-state index contributed by atoms with van der Waals surface area (Å²) in [5, 5.41) is 9.68. The maximum atomic E-state index is 11.2. The standard InChI is InChI=1S/C15H13ClO3/c1-9-12(15(17)18)7-8-13(16)14(9)10-3-5-11(19-2)6-4-10/h3-8H,1-2H3,(H,17,18). The van der Waals surface area contributed by atoms with E-state index in [9.17, 15) is 4.79 Å². The summed E-state index contributed by atoms with van der Waals surface area (Å²) in [5.41, 5.74) is 2.52. The van der Waals surface area contributed by atoms with Gasteiger partial charge in [0.05, 0.1) is 12.7 Å². The lowest BCUT2D eigenvalue weighted by Crippen LogP contribution is -2.01. The highest BCUT2D eigenvalue weighted by molar-refractivity contribution is 6.33. The van der Waals surface area contributed by atoms with Crippen LogP contribution < -0.4 is 4.74 Å². The number of halogens is 1. The monoisotopic (exact) mass is 276 g/mol. The molecule has 0 aliphatic rings. The number of hydrogen-bond acceptors (Lipinski definition) is 2. The van der Waals surface area contributed by atoms with Crippen LogP contribution in [0.25, 0.3) is 11.1 Å². The first-order chi connectivity index (χ1) is 9.04. The van der Waals surface area contributed by atoms with Gasteiger partial charge >= 0.3 is 5.97 Å². The number of ether oxygens (including phenoxy) is 1. The van der Waals surface area contributed by atoms with Crippen molar-refractivity contribution in [2.45, 2.75) is 6.92 Å². The highest BCUT2D eigenvalue weighted by Gasteiger charge is 2.14. The zero-order chi connectivity index (χ0) is 14.0. The Hall–Kier alpha value is -2.00. The highest BCUT2D eigenvalue weighted by atomic mass is 35.5. The summed E-state index contributed by atoms with van der Waals surface area (Å²) in [5.74, 6) is -0.212. The number of carboxylic acid groups (broad SMARTS) is 1. The molecule has 98 valence electrons. The number of benzene rings is 2. The first-order valence-electron chi connectivity index (χ1n) is 5.71. The quantitative estimate of drug-likeness (QED) is 0.921. The van der Waals surface area contributed by atoms with Crippen molar-refractivity contribution in [3.05, 3.63) is 52.5 Å². The number of carbonyl (C=O) groups is 1. The molecule has 4 heteroatoms. The fraction of sp³-hybridized carbons (Fsp3) is 0.133. The van der Waals surface area contributed by atoms with Crippen LogP contribution in [-0.4, -0.2) is 18.2 Å². The third kappa shape index (κ3) is 2.56. The summed E-state index contributed by atoms with van der Waals surface area (Å²) in [6, 6.07) is 10.5. The van der Waals surface area contributed by atoms with Crippen LogP contribution in [0.1, 0.15) is 15.9 Å². The molecular weight excluding hydrogens is 264 g/mol. The number of hydrogen-bond donors (Lipinski definition) is 1. The van der Waals surface area contributed by atoms with Gasteiger partial charge in [0.2, 0.25) is 0 Å². The molecule has 3 nitrogen and oxygen atoms in total. The smallest absolute Gasteiger partial charge is 0.335 e. The van der Waals surface area contributed by atoms with Crippen LogP contribution in [0.3, 0.4) is 0 Å². The molecule has 19 heavy (non-hydrogen) atoms. The molecule has 2 aromatic rings. The van der Waals surface area contributed by atoms with Gasteiger partial charge in [-0.2, -0.15) is 0 Å². The second kappa shape index (κ2) is 5.33. The normalized spacial score (nSPS) is 10.3. The second-order valence-electron chi connectivity index (χ2n) is 4.13. The first-order valence-corrected chi connectivity index (χ1v) is 6.09. The number of rotatable bonds is 3. The number of carboxylic acids is 1. The van der Waals surface area contributed by atoms with Crippen molar-refractivity contribution in [1.29, 1.82) is 0 Å². The molecule has 0 aliphatic heterocycles. The molecular formula is C15H13ClO3. The average molecular weight is 277 g/mol. The molecule has 0 aromatic heterocycles. The Morgan fingerprint density at radius 1 is 1.16 bits per heavy atom. The van der Waals surface area contributed by atoms with Gasteiger partial charge in [0.25, 0.3) is 0 Å². The van der Waals surface area contributed by atoms with Gasteiger partial charge in [-0.1, -0.05) is 23.7 Å². The predicted molar refractivity (Wildman–Crippen MR) is 75.1 cm³/mol. The summed E-state index contributed by atoms with van der Waals surface area (Å²) in [6.45, 7) is 1.76. The molecule has 2 aromatic carbocycles. The molecule has 0 unspecified atom stereocenters. The van der Waals surface area contributed by atoms with E-state index >= 15 is 0 Å². The lowest BCUT2D eigenvalue weighted by atomic mass is 9.96. The van der Waals surface area contributed by atoms with Crippen LogP contribution >= 0.6 is 11.6 Å². The summed E-state index contributed by atoms with van der Waals surface area (Å²) < 4.78 is 5.10. The van der Waals surface area contributed by atoms with Crippen molar-refractivity contribution in [3.63, 3.8) is 0 Å². The summed E-state index contributed by atoms with van der Waals surface area (Å²) >= 11 is 6.19. The molecule has 0 amide bonds. The van der Waals surface area contributed by atoms with E-state index in [2.05, 4.69) is 0 Å². The Labute approximate surface area is 116 Å². The summed E-state index contributed by atoms with van der Waals surface area (Å²) in [4.78, 5) is 11.2. The molecule has 0 atom stereocenters. The van der Waals surface area contributed by atoms with E-state index in [0.717, 1.165) is 16.9 Å². The second-order valence-corrected chi connectivity index (χ2v) is 4.54. The highest BCUT2D eigenvalue weighted by Crippen LogP contribution is 2.33. The Morgan fingerprint density at radius 3 is 2.32 bits per heavy atom. The van der Waals surface area contributed by atoms with Gasteiger partial charge in [-0.15, -0.1) is 0 Å². The Kier molecular flexibility index (Phi) is 3.76. The number of methoxy groups -OCH3 is 1. The largest absolute Gasteiger partial charge is 0.497 e. The maximum Gasteiger partial charge on any atom is 0.335 e. The molecule has 1 N–H and O–H groups in total. The van der Waals surface area contributed by atoms with Crippen molar-refractivity contribution in [2.75, 3.05) is 7.11 Å². The minimum Gasteiger partial charge on any atom is -0.497 e. The van der Waals surface area contributed by atoms with Gasteiger partial charge in [-0.05, 0) is 42.3 Å². The van der Waals surface area contributed by atoms with Crippen LogP contribution in [0, 0.1) is 6.92 Å². The van der Waals surface area contributed by atoms with Crippen LogP contribution in [0.15, 0.2) is 36.4 Å². The first kappa shape index (κ1) is 13.4. The van der Waals surface area contributed by atoms with E-state index in [0.29, 0.717) is 10.6 Å². The third-order valence-corrected chi connectivity index (χ3v) is 3.34. The fourth-order valence-electron chi connectivity index (χ4n) is 2.02. The van der Waals surface area contributed by atoms with Crippen molar-refractivity contribution in [2.24, 2.45) is 0 Å². The van der Waals surface area contributed by atoms with E-state index in [1.165, 1.54) is 6.07 Å². The van der Waals surface area contributed by atoms with Gasteiger partial charge in [0.15, 0.2) is 0 Å². The molecule has 0 spiro atoms. The van der Waals surface area contributed by atoms with E-state index < -0.39 is 5.97 Å². The Bertz CT molecular complexity index is 618. The van der Waals surface area contributed by atoms with Gasteiger partial charge in [0.1, 0.15) is 5.75 Å². The zero-order valence-electron chi connectivity index (χ0n) is 10.6. The summed E-state index contributed by atoms with van der Waals surface area (Å²) in [7, 11) is 1.60. The van der Waals surface area contributed by atoms with Crippen LogP contribution in [0.4, 0.5) is 0 Å². The van der Waals surface area contributed by atoms with Crippen molar-refractivity contribution >= 4 is 17.6 Å². The van der Waals surface area contributed by atoms with E-state index in [1.54, 1.807) is 20.1 Å². The van der Waals surface area contributed by atoms with Crippen molar-refractivity contribution in [3.8, 4) is 16.9 Å². The lowest BCUT2D eigenvalue weighted by Gasteiger charge is -2.12. The molecule has 0 fully saturated rings. The van der Waals surface area contributed by atoms with Crippen molar-refractivity contribution < 1.29 is 14.6 Å². The van der Waals surface area contributed by atoms with Crippen LogP contribution in [0.2, 0.25) is 5.02 Å². The SMILES string of the molecule is COc1ccc(-c2c(Cl)ccc(C(=O)O)c2C)cc1. The van der Waals surface area contributed by atoms with Crippen LogP contribution in [0.5, 0.6) is 5.75 Å². The van der Waals surface area contributed by atoms with Crippen molar-refractivity contribution in [1.82, 2.24) is 0 Å².